The molecule has 2 atom stereocenters. The van der Waals surface area contributed by atoms with Crippen LogP contribution >= 0.6 is 0 Å². The van der Waals surface area contributed by atoms with Crippen molar-refractivity contribution in [2.45, 2.75) is 32.9 Å². The van der Waals surface area contributed by atoms with Crippen LogP contribution in [0.3, 0.4) is 0 Å². The zero-order valence-corrected chi connectivity index (χ0v) is 17.0. The molecule has 0 aliphatic rings. The minimum absolute atomic E-state index is 0.262. The Balaban J connectivity index is 1.95. The molecule has 0 aliphatic heterocycles. The Hall–Kier alpha value is -3.86. The molecule has 0 aromatic heterocycles. The number of nitriles is 1. The molecule has 0 saturated carbocycles. The van der Waals surface area contributed by atoms with Crippen molar-refractivity contribution in [1.29, 1.82) is 5.26 Å². The van der Waals surface area contributed by atoms with Crippen LogP contribution in [-0.2, 0) is 14.3 Å². The number of anilines is 2. The van der Waals surface area contributed by atoms with E-state index in [-0.39, 0.29) is 5.92 Å². The van der Waals surface area contributed by atoms with Gasteiger partial charge in [0.25, 0.3) is 5.91 Å². The summed E-state index contributed by atoms with van der Waals surface area (Å²) in [4.78, 5) is 37.1. The first-order chi connectivity index (χ1) is 14.3. The summed E-state index contributed by atoms with van der Waals surface area (Å²) in [6.45, 7) is 4.95. The fourth-order valence-corrected chi connectivity index (χ4v) is 2.54. The molecule has 8 heteroatoms. The SMILES string of the molecule is CC(C)[C@H](NC(=O)Nc1ccccc1)C(=O)O[C@@H](C)C(=O)Nc1cccc(C#N)c1. The first kappa shape index (κ1) is 22.4. The van der Waals surface area contributed by atoms with E-state index < -0.39 is 30.1 Å². The third kappa shape index (κ3) is 6.63. The van der Waals surface area contributed by atoms with E-state index in [0.29, 0.717) is 16.9 Å². The summed E-state index contributed by atoms with van der Waals surface area (Å²) in [6, 6.07) is 15.7. The van der Waals surface area contributed by atoms with E-state index in [0.717, 1.165) is 0 Å². The zero-order valence-electron chi connectivity index (χ0n) is 17.0. The monoisotopic (exact) mass is 408 g/mol. The molecule has 3 N–H and O–H groups in total. The van der Waals surface area contributed by atoms with Crippen molar-refractivity contribution in [3.8, 4) is 6.07 Å². The fraction of sp³-hybridized carbons (Fsp3) is 0.273. The lowest BCUT2D eigenvalue weighted by Crippen LogP contribution is -2.48. The van der Waals surface area contributed by atoms with E-state index in [1.54, 1.807) is 56.3 Å². The number of carbonyl (C=O) groups excluding carboxylic acids is 3. The molecule has 3 amide bonds. The van der Waals surface area contributed by atoms with Crippen molar-refractivity contribution in [3.63, 3.8) is 0 Å². The number of hydrogen-bond donors (Lipinski definition) is 3. The first-order valence-electron chi connectivity index (χ1n) is 9.44. The highest BCUT2D eigenvalue weighted by Gasteiger charge is 2.29. The van der Waals surface area contributed by atoms with Gasteiger partial charge in [0.15, 0.2) is 6.10 Å². The van der Waals surface area contributed by atoms with Gasteiger partial charge in [-0.1, -0.05) is 38.1 Å². The molecule has 0 radical (unpaired) electrons. The highest BCUT2D eigenvalue weighted by Crippen LogP contribution is 2.12. The second-order valence-electron chi connectivity index (χ2n) is 6.95. The van der Waals surface area contributed by atoms with E-state index in [1.165, 1.54) is 13.0 Å². The number of urea groups is 1. The lowest BCUT2D eigenvalue weighted by atomic mass is 10.0. The Morgan fingerprint density at radius 3 is 2.23 bits per heavy atom. The van der Waals surface area contributed by atoms with Crippen molar-refractivity contribution in [1.82, 2.24) is 5.32 Å². The van der Waals surface area contributed by atoms with Crippen LogP contribution in [0.5, 0.6) is 0 Å². The van der Waals surface area contributed by atoms with Crippen molar-refractivity contribution in [2.75, 3.05) is 10.6 Å². The summed E-state index contributed by atoms with van der Waals surface area (Å²) >= 11 is 0. The zero-order chi connectivity index (χ0) is 22.1. The molecule has 2 rings (SSSR count). The van der Waals surface area contributed by atoms with Gasteiger partial charge < -0.3 is 20.7 Å². The maximum absolute atomic E-state index is 12.6. The molecular weight excluding hydrogens is 384 g/mol. The number of ether oxygens (including phenoxy) is 1. The average molecular weight is 408 g/mol. The topological polar surface area (TPSA) is 120 Å². The molecule has 156 valence electrons. The highest BCUT2D eigenvalue weighted by atomic mass is 16.5. The number of rotatable bonds is 7. The van der Waals surface area contributed by atoms with Crippen molar-refractivity contribution < 1.29 is 19.1 Å². The first-order valence-corrected chi connectivity index (χ1v) is 9.44. The third-order valence-corrected chi connectivity index (χ3v) is 4.16. The van der Waals surface area contributed by atoms with Gasteiger partial charge in [-0.3, -0.25) is 4.79 Å². The van der Waals surface area contributed by atoms with Crippen molar-refractivity contribution >= 4 is 29.3 Å². The van der Waals surface area contributed by atoms with Crippen LogP contribution in [0.2, 0.25) is 0 Å². The predicted octanol–water partition coefficient (Wildman–Crippen LogP) is 3.27. The van der Waals surface area contributed by atoms with E-state index >= 15 is 0 Å². The maximum atomic E-state index is 12.6. The van der Waals surface area contributed by atoms with Gasteiger partial charge in [-0.15, -0.1) is 0 Å². The van der Waals surface area contributed by atoms with Gasteiger partial charge >= 0.3 is 12.0 Å². The third-order valence-electron chi connectivity index (χ3n) is 4.16. The molecule has 0 unspecified atom stereocenters. The number of nitrogens with one attached hydrogen (secondary N) is 3. The molecule has 0 saturated heterocycles. The number of esters is 1. The smallest absolute Gasteiger partial charge is 0.329 e. The van der Waals surface area contributed by atoms with Gasteiger partial charge in [-0.2, -0.15) is 5.26 Å². The predicted molar refractivity (Wildman–Crippen MR) is 113 cm³/mol. The fourth-order valence-electron chi connectivity index (χ4n) is 2.54. The molecule has 2 aromatic carbocycles. The average Bonchev–Trinajstić information content (AvgIpc) is 2.72. The standard InChI is InChI=1S/C22H24N4O4/c1-14(2)19(26-22(29)25-17-9-5-4-6-10-17)21(28)30-15(3)20(27)24-18-11-7-8-16(12-18)13-23/h4-12,14-15,19H,1-3H3,(H,24,27)(H2,25,26,29)/t15-,19-/m0/s1. The van der Waals surface area contributed by atoms with Gasteiger partial charge in [0.2, 0.25) is 0 Å². The maximum Gasteiger partial charge on any atom is 0.329 e. The van der Waals surface area contributed by atoms with E-state index in [2.05, 4.69) is 16.0 Å². The molecular formula is C22H24N4O4. The summed E-state index contributed by atoms with van der Waals surface area (Å²) in [5.74, 6) is -1.53. The van der Waals surface area contributed by atoms with E-state index in [1.807, 2.05) is 12.1 Å². The Morgan fingerprint density at radius 1 is 0.933 bits per heavy atom. The molecule has 0 heterocycles. The van der Waals surface area contributed by atoms with Crippen LogP contribution in [0, 0.1) is 17.2 Å². The van der Waals surface area contributed by atoms with Gasteiger partial charge in [-0.25, -0.2) is 9.59 Å². The highest BCUT2D eigenvalue weighted by molar-refractivity contribution is 5.96. The second-order valence-corrected chi connectivity index (χ2v) is 6.95. The molecule has 0 aliphatic carbocycles. The van der Waals surface area contributed by atoms with Crippen LogP contribution < -0.4 is 16.0 Å². The number of carbonyl (C=O) groups is 3. The quantitative estimate of drug-likeness (QED) is 0.607. The van der Waals surface area contributed by atoms with Gasteiger partial charge in [0, 0.05) is 11.4 Å². The van der Waals surface area contributed by atoms with Crippen molar-refractivity contribution in [2.24, 2.45) is 5.92 Å². The summed E-state index contributed by atoms with van der Waals surface area (Å²) < 4.78 is 5.26. The van der Waals surface area contributed by atoms with Crippen LogP contribution in [0.25, 0.3) is 0 Å². The Bertz CT molecular complexity index is 938. The molecule has 30 heavy (non-hydrogen) atoms. The summed E-state index contributed by atoms with van der Waals surface area (Å²) in [5, 5.41) is 16.7. The van der Waals surface area contributed by atoms with Crippen molar-refractivity contribution in [3.05, 3.63) is 60.2 Å². The van der Waals surface area contributed by atoms with Crippen LogP contribution in [-0.4, -0.2) is 30.1 Å². The minimum Gasteiger partial charge on any atom is -0.451 e. The molecule has 0 bridgehead atoms. The number of benzene rings is 2. The lowest BCUT2D eigenvalue weighted by Gasteiger charge is -2.23. The Morgan fingerprint density at radius 2 is 1.60 bits per heavy atom. The molecule has 0 spiro atoms. The van der Waals surface area contributed by atoms with E-state index in [9.17, 15) is 14.4 Å². The van der Waals surface area contributed by atoms with Gasteiger partial charge in [0.1, 0.15) is 6.04 Å². The van der Waals surface area contributed by atoms with E-state index in [4.69, 9.17) is 10.00 Å². The van der Waals surface area contributed by atoms with Crippen LogP contribution in [0.15, 0.2) is 54.6 Å². The van der Waals surface area contributed by atoms with Gasteiger partial charge in [-0.05, 0) is 43.2 Å². The largest absolute Gasteiger partial charge is 0.451 e. The number of para-hydroxylation sites is 1. The minimum atomic E-state index is -1.09. The number of hydrogen-bond acceptors (Lipinski definition) is 5. The lowest BCUT2D eigenvalue weighted by molar-refractivity contribution is -0.156. The Kier molecular flexibility index (Phi) is 7.94. The number of nitrogens with zero attached hydrogens (tertiary/aromatic N) is 1. The summed E-state index contributed by atoms with van der Waals surface area (Å²) in [6.07, 6.45) is -1.09. The van der Waals surface area contributed by atoms with Crippen LogP contribution in [0.1, 0.15) is 26.3 Å². The Labute approximate surface area is 175 Å². The normalized spacial score (nSPS) is 12.2. The molecule has 0 fully saturated rings. The van der Waals surface area contributed by atoms with Crippen LogP contribution in [0.4, 0.5) is 16.2 Å². The van der Waals surface area contributed by atoms with Gasteiger partial charge in [0.05, 0.1) is 11.6 Å². The summed E-state index contributed by atoms with van der Waals surface area (Å²) in [5.41, 5.74) is 1.40. The second kappa shape index (κ2) is 10.6. The summed E-state index contributed by atoms with van der Waals surface area (Å²) in [7, 11) is 0. The number of amides is 3. The molecule has 8 nitrogen and oxygen atoms in total. The molecule has 2 aromatic rings.